The van der Waals surface area contributed by atoms with Gasteiger partial charge in [-0.3, -0.25) is 4.79 Å². The predicted molar refractivity (Wildman–Crippen MR) is 77.5 cm³/mol. The number of amides is 1. The molecule has 1 aliphatic rings. The van der Waals surface area contributed by atoms with E-state index in [4.69, 9.17) is 0 Å². The van der Waals surface area contributed by atoms with Crippen LogP contribution in [0.5, 0.6) is 0 Å². The Bertz CT molecular complexity index is 445. The molecule has 1 atom stereocenters. The van der Waals surface area contributed by atoms with Gasteiger partial charge in [-0.1, -0.05) is 25.6 Å². The molecular formula is C13H22N4O2S. The molecule has 1 aromatic rings. The van der Waals surface area contributed by atoms with E-state index in [2.05, 4.69) is 15.5 Å². The highest BCUT2D eigenvalue weighted by Gasteiger charge is 2.26. The third-order valence-electron chi connectivity index (χ3n) is 3.09. The topological polar surface area (TPSA) is 80.0 Å². The fourth-order valence-corrected chi connectivity index (χ4v) is 2.79. The van der Waals surface area contributed by atoms with Crippen LogP contribution in [0.25, 0.3) is 0 Å². The molecule has 1 heterocycles. The Morgan fingerprint density at radius 3 is 3.00 bits per heavy atom. The monoisotopic (exact) mass is 298 g/mol. The fourth-order valence-electron chi connectivity index (χ4n) is 1.98. The maximum atomic E-state index is 11.7. The first-order valence-electron chi connectivity index (χ1n) is 7.03. The number of thioether (sulfide) groups is 1. The van der Waals surface area contributed by atoms with Gasteiger partial charge in [0.15, 0.2) is 5.16 Å². The second-order valence-corrected chi connectivity index (χ2v) is 6.57. The lowest BCUT2D eigenvalue weighted by molar-refractivity contribution is -0.119. The van der Waals surface area contributed by atoms with Crippen LogP contribution in [-0.2, 0) is 4.79 Å². The maximum absolute atomic E-state index is 11.7. The van der Waals surface area contributed by atoms with Crippen LogP contribution < -0.4 is 5.32 Å². The molecule has 1 aliphatic carbocycles. The first-order chi connectivity index (χ1) is 9.56. The second-order valence-electron chi connectivity index (χ2n) is 5.63. The number of nitrogens with zero attached hydrogens (tertiary/aromatic N) is 3. The largest absolute Gasteiger partial charge is 0.391 e. The lowest BCUT2D eigenvalue weighted by Gasteiger charge is -2.13. The zero-order valence-corrected chi connectivity index (χ0v) is 12.8. The molecule has 7 heteroatoms. The van der Waals surface area contributed by atoms with Gasteiger partial charge in [-0.05, 0) is 25.2 Å². The molecule has 0 saturated heterocycles. The smallest absolute Gasteiger partial charge is 0.230 e. The van der Waals surface area contributed by atoms with Crippen molar-refractivity contribution in [3.63, 3.8) is 0 Å². The molecule has 2 rings (SSSR count). The highest BCUT2D eigenvalue weighted by Crippen LogP contribution is 2.37. The number of nitrogens with one attached hydrogen (secondary N) is 1. The van der Waals surface area contributed by atoms with Gasteiger partial charge in [-0.2, -0.15) is 0 Å². The summed E-state index contributed by atoms with van der Waals surface area (Å²) in [6.07, 6.45) is 4.28. The molecule has 1 saturated carbocycles. The van der Waals surface area contributed by atoms with Gasteiger partial charge in [0.25, 0.3) is 0 Å². The number of rotatable bonds is 8. The first kappa shape index (κ1) is 15.3. The van der Waals surface area contributed by atoms with E-state index in [1.54, 1.807) is 6.33 Å². The molecule has 0 spiro atoms. The Hall–Kier alpha value is -1.08. The molecule has 0 radical (unpaired) electrons. The van der Waals surface area contributed by atoms with Gasteiger partial charge >= 0.3 is 0 Å². The number of carbonyl (C=O) groups excluding carboxylic acids is 1. The Kier molecular flexibility index (Phi) is 5.42. The Morgan fingerprint density at radius 2 is 2.35 bits per heavy atom. The van der Waals surface area contributed by atoms with Crippen molar-refractivity contribution in [1.29, 1.82) is 0 Å². The van der Waals surface area contributed by atoms with E-state index < -0.39 is 6.10 Å². The summed E-state index contributed by atoms with van der Waals surface area (Å²) in [6.45, 7) is 4.41. The highest BCUT2D eigenvalue weighted by molar-refractivity contribution is 7.99. The lowest BCUT2D eigenvalue weighted by Crippen LogP contribution is -2.33. The summed E-state index contributed by atoms with van der Waals surface area (Å²) in [5, 5.41) is 21.2. The number of hydrogen-bond donors (Lipinski definition) is 2. The van der Waals surface area contributed by atoms with Crippen LogP contribution in [0.1, 0.15) is 39.2 Å². The summed E-state index contributed by atoms with van der Waals surface area (Å²) in [7, 11) is 0. The molecular weight excluding hydrogens is 276 g/mol. The van der Waals surface area contributed by atoms with Crippen molar-refractivity contribution in [3.8, 4) is 0 Å². The van der Waals surface area contributed by atoms with Gasteiger partial charge in [0, 0.05) is 12.6 Å². The van der Waals surface area contributed by atoms with Gasteiger partial charge in [-0.15, -0.1) is 10.2 Å². The van der Waals surface area contributed by atoms with E-state index in [1.165, 1.54) is 24.6 Å². The fraction of sp³-hybridized carbons (Fsp3) is 0.769. The van der Waals surface area contributed by atoms with E-state index in [0.29, 0.717) is 30.7 Å². The Morgan fingerprint density at radius 1 is 1.60 bits per heavy atom. The summed E-state index contributed by atoms with van der Waals surface area (Å²) in [6, 6.07) is 0.517. The molecule has 2 N–H and O–H groups in total. The molecule has 20 heavy (non-hydrogen) atoms. The van der Waals surface area contributed by atoms with E-state index in [1.807, 2.05) is 18.4 Å². The summed E-state index contributed by atoms with van der Waals surface area (Å²) in [5.41, 5.74) is 0. The van der Waals surface area contributed by atoms with Crippen molar-refractivity contribution >= 4 is 17.7 Å². The van der Waals surface area contributed by atoms with Gasteiger partial charge in [0.05, 0.1) is 11.9 Å². The molecule has 1 aromatic heterocycles. The zero-order chi connectivity index (χ0) is 14.5. The number of aromatic nitrogens is 3. The molecule has 1 amide bonds. The SMILES string of the molecule is CC(C)CC(O)CNC(=O)CSc1nncn1C1CC1. The third-order valence-corrected chi connectivity index (χ3v) is 4.05. The van der Waals surface area contributed by atoms with Gasteiger partial charge < -0.3 is 15.0 Å². The molecule has 6 nitrogen and oxygen atoms in total. The van der Waals surface area contributed by atoms with E-state index >= 15 is 0 Å². The molecule has 112 valence electrons. The van der Waals surface area contributed by atoms with Crippen molar-refractivity contribution < 1.29 is 9.90 Å². The van der Waals surface area contributed by atoms with Crippen molar-refractivity contribution in [1.82, 2.24) is 20.1 Å². The van der Waals surface area contributed by atoms with Crippen LogP contribution in [0.2, 0.25) is 0 Å². The number of hydrogen-bond acceptors (Lipinski definition) is 5. The number of aliphatic hydroxyl groups is 1. The van der Waals surface area contributed by atoms with Crippen molar-refractivity contribution in [2.75, 3.05) is 12.3 Å². The van der Waals surface area contributed by atoms with Crippen LogP contribution in [0, 0.1) is 5.92 Å². The highest BCUT2D eigenvalue weighted by atomic mass is 32.2. The van der Waals surface area contributed by atoms with Crippen molar-refractivity contribution in [2.24, 2.45) is 5.92 Å². The average molecular weight is 298 g/mol. The van der Waals surface area contributed by atoms with Crippen LogP contribution in [-0.4, -0.2) is 44.2 Å². The summed E-state index contributed by atoms with van der Waals surface area (Å²) >= 11 is 1.39. The maximum Gasteiger partial charge on any atom is 0.230 e. The van der Waals surface area contributed by atoms with Gasteiger partial charge in [0.1, 0.15) is 6.33 Å². The molecule has 1 fully saturated rings. The lowest BCUT2D eigenvalue weighted by atomic mass is 10.1. The van der Waals surface area contributed by atoms with Crippen molar-refractivity contribution in [3.05, 3.63) is 6.33 Å². The average Bonchev–Trinajstić information content (AvgIpc) is 3.12. The molecule has 0 aromatic carbocycles. The number of carbonyl (C=O) groups is 1. The quantitative estimate of drug-likeness (QED) is 0.706. The number of aliphatic hydroxyl groups excluding tert-OH is 1. The van der Waals surface area contributed by atoms with E-state index in [0.717, 1.165) is 5.16 Å². The minimum atomic E-state index is -0.473. The minimum absolute atomic E-state index is 0.0804. The van der Waals surface area contributed by atoms with Gasteiger partial charge in [0.2, 0.25) is 5.91 Å². The summed E-state index contributed by atoms with van der Waals surface area (Å²) in [5.74, 6) is 0.649. The third kappa shape index (κ3) is 4.79. The van der Waals surface area contributed by atoms with E-state index in [-0.39, 0.29) is 5.91 Å². The Labute approximate surface area is 123 Å². The van der Waals surface area contributed by atoms with Crippen LogP contribution in [0.15, 0.2) is 11.5 Å². The predicted octanol–water partition coefficient (Wildman–Crippen LogP) is 1.23. The van der Waals surface area contributed by atoms with Crippen molar-refractivity contribution in [2.45, 2.75) is 50.4 Å². The zero-order valence-electron chi connectivity index (χ0n) is 12.0. The summed E-state index contributed by atoms with van der Waals surface area (Å²) in [4.78, 5) is 11.7. The Balaban J connectivity index is 1.68. The van der Waals surface area contributed by atoms with Gasteiger partial charge in [-0.25, -0.2) is 0 Å². The van der Waals surface area contributed by atoms with Crippen LogP contribution in [0.4, 0.5) is 0 Å². The minimum Gasteiger partial charge on any atom is -0.391 e. The molecule has 0 aliphatic heterocycles. The second kappa shape index (κ2) is 7.08. The first-order valence-corrected chi connectivity index (χ1v) is 8.02. The standard InChI is InChI=1S/C13H22N4O2S/c1-9(2)5-11(18)6-14-12(19)7-20-13-16-15-8-17(13)10-3-4-10/h8-11,18H,3-7H2,1-2H3,(H,14,19). The molecule has 1 unspecified atom stereocenters. The van der Waals surface area contributed by atoms with Crippen LogP contribution in [0.3, 0.4) is 0 Å². The molecule has 0 bridgehead atoms. The van der Waals surface area contributed by atoms with Crippen LogP contribution >= 0.6 is 11.8 Å². The summed E-state index contributed by atoms with van der Waals surface area (Å²) < 4.78 is 2.03. The van der Waals surface area contributed by atoms with E-state index in [9.17, 15) is 9.90 Å². The normalized spacial score (nSPS) is 16.4.